The van der Waals surface area contributed by atoms with Gasteiger partial charge in [-0.15, -0.1) is 0 Å². The Labute approximate surface area is 120 Å². The molecule has 102 valence electrons. The quantitative estimate of drug-likeness (QED) is 0.808. The Morgan fingerprint density at radius 3 is 2.84 bits per heavy atom. The summed E-state index contributed by atoms with van der Waals surface area (Å²) in [6.45, 7) is 1.66. The molecule has 0 atom stereocenters. The van der Waals surface area contributed by atoms with Crippen LogP contribution in [-0.2, 0) is 11.3 Å². The molecule has 0 saturated heterocycles. The van der Waals surface area contributed by atoms with Gasteiger partial charge in [-0.25, -0.2) is 4.79 Å². The topological polar surface area (TPSA) is 47.4 Å². The van der Waals surface area contributed by atoms with Gasteiger partial charge in [0.05, 0.1) is 30.9 Å². The van der Waals surface area contributed by atoms with E-state index in [1.807, 2.05) is 24.8 Å². The predicted molar refractivity (Wildman–Crippen MR) is 77.3 cm³/mol. The number of carbonyl (C=O) groups excluding carboxylic acids is 1. The van der Waals surface area contributed by atoms with E-state index in [1.165, 1.54) is 7.11 Å². The van der Waals surface area contributed by atoms with Gasteiger partial charge in [-0.1, -0.05) is 15.9 Å². The van der Waals surface area contributed by atoms with Crippen LogP contribution in [-0.4, -0.2) is 48.4 Å². The summed E-state index contributed by atoms with van der Waals surface area (Å²) in [5.74, 6) is -0.349. The van der Waals surface area contributed by atoms with Crippen molar-refractivity contribution in [3.8, 4) is 0 Å². The summed E-state index contributed by atoms with van der Waals surface area (Å²) in [5.41, 5.74) is 1.46. The van der Waals surface area contributed by atoms with Gasteiger partial charge < -0.3 is 9.64 Å². The molecule has 0 fully saturated rings. The van der Waals surface area contributed by atoms with Gasteiger partial charge >= 0.3 is 5.97 Å². The molecule has 0 aliphatic heterocycles. The molecule has 1 aromatic heterocycles. The number of methoxy groups -OCH3 is 1. The van der Waals surface area contributed by atoms with Crippen LogP contribution >= 0.6 is 15.9 Å². The normalized spacial score (nSPS) is 11.2. The summed E-state index contributed by atoms with van der Waals surface area (Å²) >= 11 is 3.42. The molecule has 6 heteroatoms. The first kappa shape index (κ1) is 14.0. The smallest absolute Gasteiger partial charge is 0.338 e. The minimum atomic E-state index is -0.349. The number of halogens is 1. The zero-order chi connectivity index (χ0) is 14.0. The Kier molecular flexibility index (Phi) is 4.21. The highest BCUT2D eigenvalue weighted by molar-refractivity contribution is 9.10. The fraction of sp³-hybridized carbons (Fsp3) is 0.385. The Morgan fingerprint density at radius 1 is 1.47 bits per heavy atom. The lowest BCUT2D eigenvalue weighted by Gasteiger charge is -2.10. The third-order valence-corrected chi connectivity index (χ3v) is 3.35. The molecule has 1 heterocycles. The van der Waals surface area contributed by atoms with Crippen LogP contribution in [0.25, 0.3) is 10.9 Å². The minimum Gasteiger partial charge on any atom is -0.465 e. The van der Waals surface area contributed by atoms with Crippen LogP contribution in [0.2, 0.25) is 0 Å². The highest BCUT2D eigenvalue weighted by Gasteiger charge is 2.15. The van der Waals surface area contributed by atoms with Gasteiger partial charge in [-0.3, -0.25) is 4.68 Å². The largest absolute Gasteiger partial charge is 0.465 e. The molecule has 0 amide bonds. The molecule has 0 bridgehead atoms. The zero-order valence-corrected chi connectivity index (χ0v) is 12.8. The molecule has 2 aromatic rings. The summed E-state index contributed by atoms with van der Waals surface area (Å²) in [5, 5.41) is 5.16. The first-order valence-electron chi connectivity index (χ1n) is 5.91. The molecule has 0 aliphatic carbocycles. The molecule has 0 unspecified atom stereocenters. The monoisotopic (exact) mass is 325 g/mol. The van der Waals surface area contributed by atoms with Gasteiger partial charge in [-0.05, 0) is 26.2 Å². The second-order valence-corrected chi connectivity index (χ2v) is 5.46. The number of fused-ring (bicyclic) bond motifs is 1. The SMILES string of the molecule is COC(=O)c1cc(Br)cc2c1cnn2CCN(C)C. The standard InChI is InChI=1S/C13H16BrN3O2/c1-16(2)4-5-17-12-7-9(14)6-10(13(18)19-3)11(12)8-15-17/h6-8H,4-5H2,1-3H3. The van der Waals surface area contributed by atoms with E-state index in [0.717, 1.165) is 28.5 Å². The van der Waals surface area contributed by atoms with Gasteiger partial charge in [0.2, 0.25) is 0 Å². The maximum Gasteiger partial charge on any atom is 0.338 e. The number of nitrogens with zero attached hydrogens (tertiary/aromatic N) is 3. The van der Waals surface area contributed by atoms with E-state index in [1.54, 1.807) is 12.3 Å². The summed E-state index contributed by atoms with van der Waals surface area (Å²) < 4.78 is 7.54. The molecule has 0 spiro atoms. The van der Waals surface area contributed by atoms with Crippen molar-refractivity contribution in [2.75, 3.05) is 27.7 Å². The van der Waals surface area contributed by atoms with Crippen LogP contribution in [0.3, 0.4) is 0 Å². The number of rotatable bonds is 4. The van der Waals surface area contributed by atoms with E-state index in [2.05, 4.69) is 25.9 Å². The third-order valence-electron chi connectivity index (χ3n) is 2.89. The van der Waals surface area contributed by atoms with Crippen LogP contribution in [0.4, 0.5) is 0 Å². The first-order chi connectivity index (χ1) is 9.02. The first-order valence-corrected chi connectivity index (χ1v) is 6.70. The van der Waals surface area contributed by atoms with E-state index in [4.69, 9.17) is 4.74 Å². The van der Waals surface area contributed by atoms with Gasteiger partial charge in [0, 0.05) is 16.4 Å². The Hall–Kier alpha value is -1.40. The van der Waals surface area contributed by atoms with E-state index >= 15 is 0 Å². The molecular weight excluding hydrogens is 310 g/mol. The average molecular weight is 326 g/mol. The van der Waals surface area contributed by atoms with Gasteiger partial charge in [0.25, 0.3) is 0 Å². The third kappa shape index (κ3) is 2.96. The average Bonchev–Trinajstić information content (AvgIpc) is 2.77. The second-order valence-electron chi connectivity index (χ2n) is 4.55. The van der Waals surface area contributed by atoms with Crippen LogP contribution in [0.5, 0.6) is 0 Å². The zero-order valence-electron chi connectivity index (χ0n) is 11.2. The lowest BCUT2D eigenvalue weighted by Crippen LogP contribution is -2.18. The molecule has 0 radical (unpaired) electrons. The maximum absolute atomic E-state index is 11.8. The van der Waals surface area contributed by atoms with Crippen LogP contribution in [0, 0.1) is 0 Å². The van der Waals surface area contributed by atoms with Crippen molar-refractivity contribution in [2.24, 2.45) is 0 Å². The summed E-state index contributed by atoms with van der Waals surface area (Å²) in [7, 11) is 5.41. The highest BCUT2D eigenvalue weighted by Crippen LogP contribution is 2.25. The van der Waals surface area contributed by atoms with E-state index in [9.17, 15) is 4.79 Å². The molecule has 0 N–H and O–H groups in total. The summed E-state index contributed by atoms with van der Waals surface area (Å²) in [6.07, 6.45) is 1.71. The molecule has 0 saturated carbocycles. The number of benzene rings is 1. The van der Waals surface area contributed by atoms with Crippen LogP contribution in [0.1, 0.15) is 10.4 Å². The fourth-order valence-corrected chi connectivity index (χ4v) is 2.34. The Morgan fingerprint density at radius 2 is 2.21 bits per heavy atom. The van der Waals surface area contributed by atoms with Gasteiger partial charge in [-0.2, -0.15) is 5.10 Å². The molecule has 2 rings (SSSR count). The molecule has 1 aromatic carbocycles. The number of hydrogen-bond acceptors (Lipinski definition) is 4. The van der Waals surface area contributed by atoms with E-state index < -0.39 is 0 Å². The molecule has 0 aliphatic rings. The lowest BCUT2D eigenvalue weighted by molar-refractivity contribution is 0.0603. The maximum atomic E-state index is 11.8. The summed E-state index contributed by atoms with van der Waals surface area (Å²) in [6, 6.07) is 3.72. The number of ether oxygens (including phenoxy) is 1. The van der Waals surface area contributed by atoms with E-state index in [-0.39, 0.29) is 5.97 Å². The highest BCUT2D eigenvalue weighted by atomic mass is 79.9. The van der Waals surface area contributed by atoms with Crippen molar-refractivity contribution in [1.82, 2.24) is 14.7 Å². The van der Waals surface area contributed by atoms with Gasteiger partial charge in [0.1, 0.15) is 0 Å². The minimum absolute atomic E-state index is 0.349. The number of aromatic nitrogens is 2. The number of carbonyl (C=O) groups is 1. The lowest BCUT2D eigenvalue weighted by atomic mass is 10.1. The molecular formula is C13H16BrN3O2. The molecule has 5 nitrogen and oxygen atoms in total. The molecule has 19 heavy (non-hydrogen) atoms. The predicted octanol–water partition coefficient (Wildman–Crippen LogP) is 2.15. The van der Waals surface area contributed by atoms with Crippen LogP contribution < -0.4 is 0 Å². The van der Waals surface area contributed by atoms with Crippen molar-refractivity contribution >= 4 is 32.8 Å². The second kappa shape index (κ2) is 5.71. The Bertz CT molecular complexity index is 607. The van der Waals surface area contributed by atoms with Crippen molar-refractivity contribution in [3.05, 3.63) is 28.4 Å². The van der Waals surface area contributed by atoms with Crippen molar-refractivity contribution in [2.45, 2.75) is 6.54 Å². The number of likely N-dealkylation sites (N-methyl/N-ethyl adjacent to an activating group) is 1. The van der Waals surface area contributed by atoms with Crippen molar-refractivity contribution in [3.63, 3.8) is 0 Å². The summed E-state index contributed by atoms with van der Waals surface area (Å²) in [4.78, 5) is 13.9. The van der Waals surface area contributed by atoms with E-state index in [0.29, 0.717) is 5.56 Å². The number of esters is 1. The van der Waals surface area contributed by atoms with Crippen molar-refractivity contribution < 1.29 is 9.53 Å². The Balaban J connectivity index is 2.47. The number of hydrogen-bond donors (Lipinski definition) is 0. The van der Waals surface area contributed by atoms with Gasteiger partial charge in [0.15, 0.2) is 0 Å². The fourth-order valence-electron chi connectivity index (χ4n) is 1.89. The van der Waals surface area contributed by atoms with Crippen molar-refractivity contribution in [1.29, 1.82) is 0 Å². The van der Waals surface area contributed by atoms with Crippen LogP contribution in [0.15, 0.2) is 22.8 Å².